The molecule has 0 fully saturated rings. The monoisotopic (exact) mass is 272 g/mol. The predicted octanol–water partition coefficient (Wildman–Crippen LogP) is 3.58. The summed E-state index contributed by atoms with van der Waals surface area (Å²) in [5.74, 6) is -0.971. The van der Waals surface area contributed by atoms with Crippen molar-refractivity contribution in [3.63, 3.8) is 0 Å². The summed E-state index contributed by atoms with van der Waals surface area (Å²) in [6.07, 6.45) is 3.27. The van der Waals surface area contributed by atoms with Crippen molar-refractivity contribution in [2.45, 2.75) is 0 Å². The van der Waals surface area contributed by atoms with Gasteiger partial charge < -0.3 is 10.1 Å². The van der Waals surface area contributed by atoms with Gasteiger partial charge in [-0.25, -0.2) is 4.79 Å². The molecule has 0 aliphatic rings. The molecule has 0 saturated heterocycles. The van der Waals surface area contributed by atoms with Crippen molar-refractivity contribution in [1.82, 2.24) is 9.97 Å². The standard InChI is InChI=1S/C14H9ClN2O2/c15-11-3-1-2-9-10(7-17-13(9)11)12-6-8(14(18)19)4-5-16-12/h1-7,17H,(H,18,19). The number of pyridine rings is 1. The number of hydrogen-bond donors (Lipinski definition) is 2. The molecule has 0 amide bonds. The Morgan fingerprint density at radius 2 is 2.16 bits per heavy atom. The van der Waals surface area contributed by atoms with E-state index in [2.05, 4.69) is 9.97 Å². The molecule has 0 saturated carbocycles. The number of carboxylic acid groups (broad SMARTS) is 1. The molecule has 2 N–H and O–H groups in total. The lowest BCUT2D eigenvalue weighted by atomic mass is 10.1. The fourth-order valence-corrected chi connectivity index (χ4v) is 2.27. The zero-order chi connectivity index (χ0) is 13.4. The Morgan fingerprint density at radius 3 is 2.95 bits per heavy atom. The highest BCUT2D eigenvalue weighted by Gasteiger charge is 2.11. The number of H-pyrrole nitrogens is 1. The summed E-state index contributed by atoms with van der Waals surface area (Å²) in [4.78, 5) is 18.3. The van der Waals surface area contributed by atoms with Gasteiger partial charge in [-0.3, -0.25) is 4.98 Å². The van der Waals surface area contributed by atoms with Crippen molar-refractivity contribution in [2.24, 2.45) is 0 Å². The molecule has 19 heavy (non-hydrogen) atoms. The fraction of sp³-hybridized carbons (Fsp3) is 0. The number of rotatable bonds is 2. The first-order chi connectivity index (χ1) is 9.16. The van der Waals surface area contributed by atoms with E-state index in [1.165, 1.54) is 12.3 Å². The van der Waals surface area contributed by atoms with Gasteiger partial charge in [-0.2, -0.15) is 0 Å². The molecule has 2 aromatic heterocycles. The minimum Gasteiger partial charge on any atom is -0.478 e. The van der Waals surface area contributed by atoms with E-state index >= 15 is 0 Å². The van der Waals surface area contributed by atoms with Gasteiger partial charge >= 0.3 is 5.97 Å². The van der Waals surface area contributed by atoms with Crippen LogP contribution in [0.3, 0.4) is 0 Å². The first-order valence-corrected chi connectivity index (χ1v) is 6.00. The highest BCUT2D eigenvalue weighted by Crippen LogP contribution is 2.31. The second kappa shape index (κ2) is 4.40. The van der Waals surface area contributed by atoms with Gasteiger partial charge in [0.2, 0.25) is 0 Å². The number of nitrogens with one attached hydrogen (secondary N) is 1. The Hall–Kier alpha value is -2.33. The smallest absolute Gasteiger partial charge is 0.335 e. The molecular formula is C14H9ClN2O2. The average molecular weight is 273 g/mol. The Kier molecular flexibility index (Phi) is 2.72. The highest BCUT2D eigenvalue weighted by molar-refractivity contribution is 6.35. The number of nitrogens with zero attached hydrogens (tertiary/aromatic N) is 1. The molecule has 94 valence electrons. The van der Waals surface area contributed by atoms with Gasteiger partial charge in [-0.05, 0) is 18.2 Å². The number of aromatic amines is 1. The van der Waals surface area contributed by atoms with Gasteiger partial charge in [0.1, 0.15) is 0 Å². The minimum atomic E-state index is -0.971. The predicted molar refractivity (Wildman–Crippen MR) is 73.5 cm³/mol. The van der Waals surface area contributed by atoms with E-state index in [9.17, 15) is 4.79 Å². The van der Waals surface area contributed by atoms with E-state index in [4.69, 9.17) is 16.7 Å². The van der Waals surface area contributed by atoms with Crippen molar-refractivity contribution >= 4 is 28.5 Å². The van der Waals surface area contributed by atoms with Crippen molar-refractivity contribution in [2.75, 3.05) is 0 Å². The van der Waals surface area contributed by atoms with Crippen LogP contribution in [-0.4, -0.2) is 21.0 Å². The summed E-state index contributed by atoms with van der Waals surface area (Å²) in [6.45, 7) is 0. The topological polar surface area (TPSA) is 66.0 Å². The zero-order valence-electron chi connectivity index (χ0n) is 9.72. The van der Waals surface area contributed by atoms with E-state index in [0.29, 0.717) is 10.7 Å². The molecule has 0 aliphatic heterocycles. The Bertz CT molecular complexity index is 780. The van der Waals surface area contributed by atoms with Crippen LogP contribution in [0.25, 0.3) is 22.2 Å². The fourth-order valence-electron chi connectivity index (χ4n) is 2.04. The third-order valence-electron chi connectivity index (χ3n) is 2.95. The molecule has 2 heterocycles. The lowest BCUT2D eigenvalue weighted by Gasteiger charge is -2.01. The normalized spacial score (nSPS) is 10.8. The molecule has 3 aromatic rings. The number of carbonyl (C=O) groups is 1. The average Bonchev–Trinajstić information content (AvgIpc) is 2.84. The third kappa shape index (κ3) is 1.96. The highest BCUT2D eigenvalue weighted by atomic mass is 35.5. The molecule has 5 heteroatoms. The van der Waals surface area contributed by atoms with Crippen LogP contribution in [0.1, 0.15) is 10.4 Å². The molecular weight excluding hydrogens is 264 g/mol. The maximum absolute atomic E-state index is 11.0. The van der Waals surface area contributed by atoms with Crippen LogP contribution in [0.15, 0.2) is 42.7 Å². The molecule has 0 aliphatic carbocycles. The number of carboxylic acids is 1. The molecule has 0 radical (unpaired) electrons. The first-order valence-electron chi connectivity index (χ1n) is 5.62. The molecule has 0 bridgehead atoms. The lowest BCUT2D eigenvalue weighted by Crippen LogP contribution is -1.96. The van der Waals surface area contributed by atoms with Crippen LogP contribution in [0.4, 0.5) is 0 Å². The van der Waals surface area contributed by atoms with Crippen LogP contribution in [0.5, 0.6) is 0 Å². The van der Waals surface area contributed by atoms with Crippen LogP contribution in [0, 0.1) is 0 Å². The summed E-state index contributed by atoms with van der Waals surface area (Å²) >= 11 is 6.09. The van der Waals surface area contributed by atoms with Gasteiger partial charge in [0, 0.05) is 23.3 Å². The largest absolute Gasteiger partial charge is 0.478 e. The van der Waals surface area contributed by atoms with Crippen molar-refractivity contribution in [3.05, 3.63) is 53.3 Å². The Balaban J connectivity index is 2.22. The molecule has 3 rings (SSSR count). The van der Waals surface area contributed by atoms with Crippen LogP contribution >= 0.6 is 11.6 Å². The molecule has 0 atom stereocenters. The van der Waals surface area contributed by atoms with Crippen LogP contribution in [-0.2, 0) is 0 Å². The summed E-state index contributed by atoms with van der Waals surface area (Å²) in [5.41, 5.74) is 2.47. The number of aromatic nitrogens is 2. The Morgan fingerprint density at radius 1 is 1.32 bits per heavy atom. The Labute approximate surface area is 113 Å². The lowest BCUT2D eigenvalue weighted by molar-refractivity contribution is 0.0697. The third-order valence-corrected chi connectivity index (χ3v) is 3.26. The summed E-state index contributed by atoms with van der Waals surface area (Å²) in [6, 6.07) is 8.58. The summed E-state index contributed by atoms with van der Waals surface area (Å²) in [5, 5.41) is 10.5. The summed E-state index contributed by atoms with van der Waals surface area (Å²) in [7, 11) is 0. The second-order valence-corrected chi connectivity index (χ2v) is 4.51. The number of fused-ring (bicyclic) bond motifs is 1. The maximum Gasteiger partial charge on any atom is 0.335 e. The number of para-hydroxylation sites is 1. The van der Waals surface area contributed by atoms with E-state index in [1.54, 1.807) is 18.3 Å². The first kappa shape index (κ1) is 11.7. The molecule has 0 unspecified atom stereocenters. The summed E-state index contributed by atoms with van der Waals surface area (Å²) < 4.78 is 0. The van der Waals surface area contributed by atoms with Gasteiger partial charge in [-0.15, -0.1) is 0 Å². The number of hydrogen-bond acceptors (Lipinski definition) is 2. The van der Waals surface area contributed by atoms with Crippen molar-refractivity contribution in [1.29, 1.82) is 0 Å². The SMILES string of the molecule is O=C(O)c1ccnc(-c2c[nH]c3c(Cl)cccc23)c1. The maximum atomic E-state index is 11.0. The quantitative estimate of drug-likeness (QED) is 0.749. The van der Waals surface area contributed by atoms with Gasteiger partial charge in [0.15, 0.2) is 0 Å². The van der Waals surface area contributed by atoms with E-state index < -0.39 is 5.97 Å². The van der Waals surface area contributed by atoms with E-state index in [1.807, 2.05) is 12.1 Å². The second-order valence-electron chi connectivity index (χ2n) is 4.10. The number of benzene rings is 1. The van der Waals surface area contributed by atoms with Crippen molar-refractivity contribution < 1.29 is 9.90 Å². The van der Waals surface area contributed by atoms with Gasteiger partial charge in [-0.1, -0.05) is 23.7 Å². The molecule has 0 spiro atoms. The van der Waals surface area contributed by atoms with Crippen LogP contribution in [0.2, 0.25) is 5.02 Å². The van der Waals surface area contributed by atoms with Gasteiger partial charge in [0.25, 0.3) is 0 Å². The minimum absolute atomic E-state index is 0.210. The number of halogens is 1. The van der Waals surface area contributed by atoms with E-state index in [-0.39, 0.29) is 5.56 Å². The van der Waals surface area contributed by atoms with Crippen molar-refractivity contribution in [3.8, 4) is 11.3 Å². The van der Waals surface area contributed by atoms with Crippen LogP contribution < -0.4 is 0 Å². The zero-order valence-corrected chi connectivity index (χ0v) is 10.5. The van der Waals surface area contributed by atoms with E-state index in [0.717, 1.165) is 16.5 Å². The number of aromatic carboxylic acids is 1. The van der Waals surface area contributed by atoms with Gasteiger partial charge in [0.05, 0.1) is 21.8 Å². The molecule has 1 aromatic carbocycles. The molecule has 4 nitrogen and oxygen atoms in total.